The van der Waals surface area contributed by atoms with Crippen LogP contribution in [0.25, 0.3) is 0 Å². The summed E-state index contributed by atoms with van der Waals surface area (Å²) in [7, 11) is 4.56. The SMILES string of the molecule is COc1cc(NC(=O)C[C@@H]2[NH2+][C@H]3CCCC[C@@H]3NC2=O)cc(OC)c1OC. The van der Waals surface area contributed by atoms with Gasteiger partial charge < -0.3 is 30.2 Å². The molecule has 3 atom stereocenters. The molecule has 3 rings (SSSR count). The molecule has 0 spiro atoms. The molecule has 4 N–H and O–H groups in total. The Morgan fingerprint density at radius 1 is 1.15 bits per heavy atom. The molecule has 8 nitrogen and oxygen atoms in total. The Balaban J connectivity index is 1.66. The predicted molar refractivity (Wildman–Crippen MR) is 99.2 cm³/mol. The third kappa shape index (κ3) is 4.27. The second-order valence-electron chi connectivity index (χ2n) is 7.03. The van der Waals surface area contributed by atoms with Crippen LogP contribution in [0.1, 0.15) is 32.1 Å². The number of hydrogen-bond donors (Lipinski definition) is 3. The van der Waals surface area contributed by atoms with Crippen molar-refractivity contribution in [3.63, 3.8) is 0 Å². The largest absolute Gasteiger partial charge is 0.493 e. The van der Waals surface area contributed by atoms with E-state index >= 15 is 0 Å². The van der Waals surface area contributed by atoms with Crippen LogP contribution in [0.2, 0.25) is 0 Å². The van der Waals surface area contributed by atoms with E-state index in [4.69, 9.17) is 14.2 Å². The van der Waals surface area contributed by atoms with Crippen molar-refractivity contribution in [2.24, 2.45) is 0 Å². The van der Waals surface area contributed by atoms with Crippen molar-refractivity contribution in [3.8, 4) is 17.2 Å². The molecular weight excluding hydrogens is 350 g/mol. The van der Waals surface area contributed by atoms with Gasteiger partial charge in [-0.25, -0.2) is 0 Å². The Morgan fingerprint density at radius 3 is 2.44 bits per heavy atom. The second-order valence-corrected chi connectivity index (χ2v) is 7.03. The highest BCUT2D eigenvalue weighted by Crippen LogP contribution is 2.39. The van der Waals surface area contributed by atoms with E-state index in [9.17, 15) is 9.59 Å². The Kier molecular flexibility index (Phi) is 6.05. The first kappa shape index (κ1) is 19.3. The zero-order chi connectivity index (χ0) is 19.4. The first-order valence-electron chi connectivity index (χ1n) is 9.31. The second kappa shape index (κ2) is 8.47. The van der Waals surface area contributed by atoms with Gasteiger partial charge in [-0.3, -0.25) is 9.59 Å². The molecule has 0 radical (unpaired) electrons. The van der Waals surface area contributed by atoms with Crippen LogP contribution in [0.3, 0.4) is 0 Å². The molecule has 2 amide bonds. The highest BCUT2D eigenvalue weighted by molar-refractivity contribution is 5.95. The summed E-state index contributed by atoms with van der Waals surface area (Å²) in [5.74, 6) is 1.09. The molecule has 1 aliphatic carbocycles. The fourth-order valence-electron chi connectivity index (χ4n) is 3.97. The van der Waals surface area contributed by atoms with E-state index in [1.807, 2.05) is 0 Å². The number of piperazine rings is 1. The van der Waals surface area contributed by atoms with Gasteiger partial charge in [0.15, 0.2) is 17.5 Å². The summed E-state index contributed by atoms with van der Waals surface area (Å²) >= 11 is 0. The molecule has 27 heavy (non-hydrogen) atoms. The molecule has 0 bridgehead atoms. The molecule has 0 aromatic heterocycles. The van der Waals surface area contributed by atoms with Gasteiger partial charge in [0.1, 0.15) is 6.04 Å². The van der Waals surface area contributed by atoms with Gasteiger partial charge in [-0.1, -0.05) is 6.42 Å². The summed E-state index contributed by atoms with van der Waals surface area (Å²) in [5, 5.41) is 7.98. The minimum atomic E-state index is -0.397. The number of rotatable bonds is 6. The average Bonchev–Trinajstić information content (AvgIpc) is 2.67. The lowest BCUT2D eigenvalue weighted by atomic mass is 9.87. The van der Waals surface area contributed by atoms with Gasteiger partial charge in [0.2, 0.25) is 11.7 Å². The molecule has 8 heteroatoms. The zero-order valence-electron chi connectivity index (χ0n) is 16.0. The summed E-state index contributed by atoms with van der Waals surface area (Å²) in [5.41, 5.74) is 0.529. The van der Waals surface area contributed by atoms with E-state index in [0.29, 0.717) is 29.0 Å². The van der Waals surface area contributed by atoms with Gasteiger partial charge in [0.25, 0.3) is 5.91 Å². The molecule has 1 aromatic carbocycles. The summed E-state index contributed by atoms with van der Waals surface area (Å²) in [4.78, 5) is 24.9. The van der Waals surface area contributed by atoms with Crippen molar-refractivity contribution in [1.82, 2.24) is 5.32 Å². The molecule has 0 unspecified atom stereocenters. The molecule has 1 saturated carbocycles. The third-order valence-corrected chi connectivity index (χ3v) is 5.32. The number of nitrogens with one attached hydrogen (secondary N) is 2. The topological polar surface area (TPSA) is 102 Å². The maximum atomic E-state index is 12.5. The van der Waals surface area contributed by atoms with Crippen LogP contribution in [-0.4, -0.2) is 51.3 Å². The van der Waals surface area contributed by atoms with Gasteiger partial charge in [-0.05, 0) is 12.8 Å². The van der Waals surface area contributed by atoms with Crippen LogP contribution in [0.5, 0.6) is 17.2 Å². The minimum absolute atomic E-state index is 0.0572. The standard InChI is InChI=1S/C19H27N3O5/c1-25-15-8-11(9-16(26-2)18(15)27-3)20-17(23)10-14-19(24)22-13-7-5-4-6-12(13)21-14/h8-9,12-14,21H,4-7,10H2,1-3H3,(H,20,23)(H,22,24)/p+1/t12-,13-,14-/m0/s1. The van der Waals surface area contributed by atoms with E-state index in [1.54, 1.807) is 12.1 Å². The summed E-state index contributed by atoms with van der Waals surface area (Å²) < 4.78 is 15.9. The maximum Gasteiger partial charge on any atom is 0.279 e. The number of carbonyl (C=O) groups excluding carboxylic acids is 2. The zero-order valence-corrected chi connectivity index (χ0v) is 16.0. The fraction of sp³-hybridized carbons (Fsp3) is 0.579. The summed E-state index contributed by atoms with van der Waals surface area (Å²) in [6, 6.07) is 3.55. The molecule has 1 aliphatic heterocycles. The highest BCUT2D eigenvalue weighted by atomic mass is 16.5. The lowest BCUT2D eigenvalue weighted by Crippen LogP contribution is -3.03. The Morgan fingerprint density at radius 2 is 1.81 bits per heavy atom. The molecule has 2 aliphatic rings. The van der Waals surface area contributed by atoms with Gasteiger partial charge in [-0.15, -0.1) is 0 Å². The van der Waals surface area contributed by atoms with Crippen LogP contribution in [0.15, 0.2) is 12.1 Å². The number of amides is 2. The normalized spacial score (nSPS) is 24.4. The predicted octanol–water partition coefficient (Wildman–Crippen LogP) is 0.414. The fourth-order valence-corrected chi connectivity index (χ4v) is 3.97. The monoisotopic (exact) mass is 378 g/mol. The number of nitrogens with two attached hydrogens (primary N) is 1. The van der Waals surface area contributed by atoms with Crippen molar-refractivity contribution >= 4 is 17.5 Å². The van der Waals surface area contributed by atoms with E-state index in [1.165, 1.54) is 27.8 Å². The number of ether oxygens (including phenoxy) is 3. The Labute approximate surface area is 158 Å². The number of benzene rings is 1. The van der Waals surface area contributed by atoms with Crippen LogP contribution < -0.4 is 30.2 Å². The first-order chi connectivity index (χ1) is 13.0. The molecule has 1 saturated heterocycles. The minimum Gasteiger partial charge on any atom is -0.493 e. The Hall–Kier alpha value is -2.48. The lowest BCUT2D eigenvalue weighted by molar-refractivity contribution is -0.718. The maximum absolute atomic E-state index is 12.5. The van der Waals surface area contributed by atoms with Crippen LogP contribution >= 0.6 is 0 Å². The van der Waals surface area contributed by atoms with Gasteiger partial charge in [0, 0.05) is 24.2 Å². The number of fused-ring (bicyclic) bond motifs is 1. The van der Waals surface area contributed by atoms with Gasteiger partial charge >= 0.3 is 0 Å². The molecular formula is C19H28N3O5+. The quantitative estimate of drug-likeness (QED) is 0.666. The average molecular weight is 378 g/mol. The van der Waals surface area contributed by atoms with Crippen molar-refractivity contribution in [3.05, 3.63) is 12.1 Å². The van der Waals surface area contributed by atoms with E-state index in [2.05, 4.69) is 16.0 Å². The number of hydrogen-bond acceptors (Lipinski definition) is 5. The van der Waals surface area contributed by atoms with Crippen molar-refractivity contribution in [2.75, 3.05) is 26.6 Å². The highest BCUT2D eigenvalue weighted by Gasteiger charge is 2.40. The number of anilines is 1. The third-order valence-electron chi connectivity index (χ3n) is 5.32. The summed E-state index contributed by atoms with van der Waals surface area (Å²) in [6.07, 6.45) is 4.55. The number of quaternary nitrogens is 1. The van der Waals surface area contributed by atoms with E-state index in [-0.39, 0.29) is 24.3 Å². The van der Waals surface area contributed by atoms with E-state index in [0.717, 1.165) is 19.3 Å². The van der Waals surface area contributed by atoms with Crippen molar-refractivity contribution in [2.45, 2.75) is 50.2 Å². The molecule has 1 heterocycles. The lowest BCUT2D eigenvalue weighted by Gasteiger charge is -2.37. The van der Waals surface area contributed by atoms with Gasteiger partial charge in [-0.2, -0.15) is 0 Å². The first-order valence-corrected chi connectivity index (χ1v) is 9.31. The number of carbonyl (C=O) groups is 2. The smallest absolute Gasteiger partial charge is 0.279 e. The van der Waals surface area contributed by atoms with Crippen LogP contribution in [-0.2, 0) is 9.59 Å². The van der Waals surface area contributed by atoms with Crippen LogP contribution in [0, 0.1) is 0 Å². The van der Waals surface area contributed by atoms with Crippen molar-refractivity contribution in [1.29, 1.82) is 0 Å². The summed E-state index contributed by atoms with van der Waals surface area (Å²) in [6.45, 7) is 0. The molecule has 1 aromatic rings. The van der Waals surface area contributed by atoms with Gasteiger partial charge in [0.05, 0.1) is 33.8 Å². The molecule has 148 valence electrons. The number of methoxy groups -OCH3 is 3. The Bertz CT molecular complexity index is 684. The van der Waals surface area contributed by atoms with Crippen LogP contribution in [0.4, 0.5) is 5.69 Å². The molecule has 2 fully saturated rings. The van der Waals surface area contributed by atoms with E-state index < -0.39 is 6.04 Å². The van der Waals surface area contributed by atoms with Crippen molar-refractivity contribution < 1.29 is 29.1 Å².